The van der Waals surface area contributed by atoms with Crippen LogP contribution in [0.5, 0.6) is 0 Å². The first-order valence-electron chi connectivity index (χ1n) is 5.41. The lowest BCUT2D eigenvalue weighted by Crippen LogP contribution is -2.04. The summed E-state index contributed by atoms with van der Waals surface area (Å²) in [5, 5.41) is 11.8. The van der Waals surface area contributed by atoms with Crippen molar-refractivity contribution < 1.29 is 0 Å². The fourth-order valence-corrected chi connectivity index (χ4v) is 2.12. The number of nitriles is 1. The van der Waals surface area contributed by atoms with Crippen LogP contribution in [0.15, 0.2) is 41.6 Å². The van der Waals surface area contributed by atoms with Crippen molar-refractivity contribution in [1.29, 1.82) is 5.26 Å². The van der Waals surface area contributed by atoms with Gasteiger partial charge in [0.1, 0.15) is 6.07 Å². The van der Waals surface area contributed by atoms with E-state index in [1.54, 1.807) is 11.8 Å². The van der Waals surface area contributed by atoms with Gasteiger partial charge >= 0.3 is 0 Å². The molecule has 0 aliphatic heterocycles. The molecule has 1 N–H and O–H groups in total. The van der Waals surface area contributed by atoms with E-state index in [0.717, 1.165) is 0 Å². The first kappa shape index (κ1) is 12.4. The van der Waals surface area contributed by atoms with Crippen molar-refractivity contribution in [3.8, 4) is 6.07 Å². The molecule has 2 rings (SSSR count). The third kappa shape index (κ3) is 2.99. The summed E-state index contributed by atoms with van der Waals surface area (Å²) >= 11 is 1.71. The number of nitrogens with zero attached hydrogens (tertiary/aromatic N) is 3. The standard InChI is InChI=1S/C13H12N4S/c1-18-12-5-3-2-4-11(12)9-17-13-15-7-10(6-14)8-16-13/h2-5,7-8H,9H2,1H3,(H,15,16,17). The Balaban J connectivity index is 2.04. The van der Waals surface area contributed by atoms with E-state index in [4.69, 9.17) is 5.26 Å². The Morgan fingerprint density at radius 3 is 2.67 bits per heavy atom. The van der Waals surface area contributed by atoms with Gasteiger partial charge in [-0.1, -0.05) is 18.2 Å². The highest BCUT2D eigenvalue weighted by Gasteiger charge is 2.01. The average molecular weight is 256 g/mol. The monoisotopic (exact) mass is 256 g/mol. The summed E-state index contributed by atoms with van der Waals surface area (Å²) in [4.78, 5) is 9.37. The Morgan fingerprint density at radius 2 is 2.00 bits per heavy atom. The first-order valence-corrected chi connectivity index (χ1v) is 6.64. The maximum absolute atomic E-state index is 8.65. The van der Waals surface area contributed by atoms with Crippen molar-refractivity contribution in [2.24, 2.45) is 0 Å². The van der Waals surface area contributed by atoms with Crippen molar-refractivity contribution in [1.82, 2.24) is 9.97 Å². The van der Waals surface area contributed by atoms with Crippen molar-refractivity contribution in [2.75, 3.05) is 11.6 Å². The molecule has 90 valence electrons. The molecule has 0 saturated carbocycles. The van der Waals surface area contributed by atoms with E-state index in [1.807, 2.05) is 18.2 Å². The second kappa shape index (κ2) is 6.03. The van der Waals surface area contributed by atoms with Gasteiger partial charge < -0.3 is 5.32 Å². The van der Waals surface area contributed by atoms with E-state index in [-0.39, 0.29) is 0 Å². The fourth-order valence-electron chi connectivity index (χ4n) is 1.50. The number of benzene rings is 1. The van der Waals surface area contributed by atoms with Gasteiger partial charge in [-0.3, -0.25) is 0 Å². The van der Waals surface area contributed by atoms with Crippen molar-refractivity contribution in [2.45, 2.75) is 11.4 Å². The molecule has 1 aromatic heterocycles. The maximum atomic E-state index is 8.65. The summed E-state index contributed by atoms with van der Waals surface area (Å²) in [7, 11) is 0. The van der Waals surface area contributed by atoms with Crippen LogP contribution in [0.4, 0.5) is 5.95 Å². The van der Waals surface area contributed by atoms with Crippen LogP contribution in [-0.4, -0.2) is 16.2 Å². The quantitative estimate of drug-likeness (QED) is 0.852. The number of hydrogen-bond donors (Lipinski definition) is 1. The second-order valence-corrected chi connectivity index (χ2v) is 4.42. The van der Waals surface area contributed by atoms with E-state index in [9.17, 15) is 0 Å². The number of anilines is 1. The molecule has 0 spiro atoms. The third-order valence-electron chi connectivity index (χ3n) is 2.41. The highest BCUT2D eigenvalue weighted by Crippen LogP contribution is 2.20. The molecule has 0 amide bonds. The predicted molar refractivity (Wildman–Crippen MR) is 72.3 cm³/mol. The van der Waals surface area contributed by atoms with Crippen LogP contribution in [0, 0.1) is 11.3 Å². The SMILES string of the molecule is CSc1ccccc1CNc1ncc(C#N)cn1. The molecule has 4 nitrogen and oxygen atoms in total. The predicted octanol–water partition coefficient (Wildman–Crippen LogP) is 2.68. The molecule has 0 unspecified atom stereocenters. The summed E-state index contributed by atoms with van der Waals surface area (Å²) in [6, 6.07) is 10.2. The number of hydrogen-bond acceptors (Lipinski definition) is 5. The van der Waals surface area contributed by atoms with Gasteiger partial charge in [-0.25, -0.2) is 9.97 Å². The molecular formula is C13H12N4S. The summed E-state index contributed by atoms with van der Waals surface area (Å²) < 4.78 is 0. The zero-order valence-corrected chi connectivity index (χ0v) is 10.7. The lowest BCUT2D eigenvalue weighted by Gasteiger charge is -2.08. The minimum Gasteiger partial charge on any atom is -0.350 e. The van der Waals surface area contributed by atoms with E-state index in [2.05, 4.69) is 33.7 Å². The number of nitrogens with one attached hydrogen (secondary N) is 1. The topological polar surface area (TPSA) is 61.6 Å². The molecule has 1 aromatic carbocycles. The summed E-state index contributed by atoms with van der Waals surface area (Å²) in [6.45, 7) is 0.670. The van der Waals surface area contributed by atoms with Crippen LogP contribution in [0.25, 0.3) is 0 Å². The zero-order valence-electron chi connectivity index (χ0n) is 9.92. The number of rotatable bonds is 4. The summed E-state index contributed by atoms with van der Waals surface area (Å²) in [5.41, 5.74) is 1.67. The zero-order chi connectivity index (χ0) is 12.8. The molecular weight excluding hydrogens is 244 g/mol. The fraction of sp³-hybridized carbons (Fsp3) is 0.154. The Morgan fingerprint density at radius 1 is 1.28 bits per heavy atom. The van der Waals surface area contributed by atoms with Gasteiger partial charge in [-0.05, 0) is 17.9 Å². The van der Waals surface area contributed by atoms with Gasteiger partial charge in [0.25, 0.3) is 0 Å². The maximum Gasteiger partial charge on any atom is 0.222 e. The third-order valence-corrected chi connectivity index (χ3v) is 3.25. The van der Waals surface area contributed by atoms with Crippen molar-refractivity contribution in [3.63, 3.8) is 0 Å². The van der Waals surface area contributed by atoms with Crippen LogP contribution in [0.3, 0.4) is 0 Å². The normalized spacial score (nSPS) is 9.78. The van der Waals surface area contributed by atoms with Crippen LogP contribution < -0.4 is 5.32 Å². The molecule has 5 heteroatoms. The Kier molecular flexibility index (Phi) is 4.15. The molecule has 0 fully saturated rings. The molecule has 2 aromatic rings. The van der Waals surface area contributed by atoms with Gasteiger partial charge in [-0.2, -0.15) is 5.26 Å². The van der Waals surface area contributed by atoms with Crippen LogP contribution in [-0.2, 0) is 6.54 Å². The molecule has 0 aliphatic carbocycles. The lowest BCUT2D eigenvalue weighted by atomic mass is 10.2. The average Bonchev–Trinajstić information content (AvgIpc) is 2.46. The van der Waals surface area contributed by atoms with Crippen LogP contribution in [0.2, 0.25) is 0 Å². The van der Waals surface area contributed by atoms with Crippen LogP contribution >= 0.6 is 11.8 Å². The van der Waals surface area contributed by atoms with E-state index in [0.29, 0.717) is 18.1 Å². The van der Waals surface area contributed by atoms with Gasteiger partial charge in [0, 0.05) is 11.4 Å². The Labute approximate surface area is 110 Å². The molecule has 0 aliphatic rings. The molecule has 18 heavy (non-hydrogen) atoms. The molecule has 1 heterocycles. The summed E-state index contributed by atoms with van der Waals surface area (Å²) in [5.74, 6) is 0.532. The van der Waals surface area contributed by atoms with Crippen molar-refractivity contribution >= 4 is 17.7 Å². The minimum atomic E-state index is 0.463. The van der Waals surface area contributed by atoms with Gasteiger partial charge in [0.15, 0.2) is 0 Å². The highest BCUT2D eigenvalue weighted by molar-refractivity contribution is 7.98. The van der Waals surface area contributed by atoms with Gasteiger partial charge in [0.2, 0.25) is 5.95 Å². The summed E-state index contributed by atoms with van der Waals surface area (Å²) in [6.07, 6.45) is 5.07. The van der Waals surface area contributed by atoms with Crippen LogP contribution in [0.1, 0.15) is 11.1 Å². The molecule has 0 saturated heterocycles. The first-order chi connectivity index (χ1) is 8.83. The van der Waals surface area contributed by atoms with E-state index >= 15 is 0 Å². The highest BCUT2D eigenvalue weighted by atomic mass is 32.2. The van der Waals surface area contributed by atoms with E-state index in [1.165, 1.54) is 22.9 Å². The number of thioether (sulfide) groups is 1. The molecule has 0 bridgehead atoms. The van der Waals surface area contributed by atoms with Gasteiger partial charge in [0.05, 0.1) is 18.0 Å². The smallest absolute Gasteiger partial charge is 0.222 e. The largest absolute Gasteiger partial charge is 0.350 e. The van der Waals surface area contributed by atoms with Crippen molar-refractivity contribution in [3.05, 3.63) is 47.8 Å². The number of aromatic nitrogens is 2. The molecule has 0 radical (unpaired) electrons. The lowest BCUT2D eigenvalue weighted by molar-refractivity contribution is 1.03. The van der Waals surface area contributed by atoms with Gasteiger partial charge in [-0.15, -0.1) is 11.8 Å². The molecule has 0 atom stereocenters. The minimum absolute atomic E-state index is 0.463. The Bertz CT molecular complexity index is 560. The second-order valence-electron chi connectivity index (χ2n) is 3.57. The Hall–Kier alpha value is -2.06. The van der Waals surface area contributed by atoms with E-state index < -0.39 is 0 Å².